The molecule has 1 unspecified atom stereocenters. The highest BCUT2D eigenvalue weighted by atomic mass is 35.5. The van der Waals surface area contributed by atoms with Crippen molar-refractivity contribution in [2.45, 2.75) is 56.5 Å². The Morgan fingerprint density at radius 2 is 2.06 bits per heavy atom. The number of carboxylic acid groups (broad SMARTS) is 1. The Bertz CT molecular complexity index is 1200. The number of carbonyl (C=O) groups excluding carboxylic acids is 1. The Hall–Kier alpha value is -2.57. The Labute approximate surface area is 216 Å². The van der Waals surface area contributed by atoms with Crippen molar-refractivity contribution in [3.05, 3.63) is 58.1 Å². The van der Waals surface area contributed by atoms with Gasteiger partial charge in [-0.15, -0.1) is 0 Å². The molecule has 1 saturated carbocycles. The van der Waals surface area contributed by atoms with Gasteiger partial charge in [0.15, 0.2) is 0 Å². The summed E-state index contributed by atoms with van der Waals surface area (Å²) in [6.07, 6.45) is 6.27. The van der Waals surface area contributed by atoms with Crippen LogP contribution in [0.1, 0.15) is 60.0 Å². The van der Waals surface area contributed by atoms with E-state index in [2.05, 4.69) is 17.0 Å². The third-order valence-electron chi connectivity index (χ3n) is 8.83. The van der Waals surface area contributed by atoms with Crippen LogP contribution in [-0.2, 0) is 21.4 Å². The maximum absolute atomic E-state index is 12.1. The van der Waals surface area contributed by atoms with Crippen LogP contribution in [0.5, 0.6) is 5.75 Å². The summed E-state index contributed by atoms with van der Waals surface area (Å²) >= 11 is 6.35. The van der Waals surface area contributed by atoms with Gasteiger partial charge in [-0.25, -0.2) is 4.79 Å². The summed E-state index contributed by atoms with van der Waals surface area (Å²) in [5.74, 6) is 0.847. The second-order valence-electron chi connectivity index (χ2n) is 11.0. The van der Waals surface area contributed by atoms with Crippen molar-refractivity contribution in [2.24, 2.45) is 11.8 Å². The van der Waals surface area contributed by atoms with Gasteiger partial charge >= 0.3 is 5.97 Å². The second-order valence-corrected chi connectivity index (χ2v) is 11.4. The van der Waals surface area contributed by atoms with Crippen LogP contribution < -0.4 is 9.64 Å². The van der Waals surface area contributed by atoms with Gasteiger partial charge in [0.1, 0.15) is 11.5 Å². The van der Waals surface area contributed by atoms with E-state index < -0.39 is 5.97 Å². The predicted molar refractivity (Wildman–Crippen MR) is 137 cm³/mol. The number of hydrogen-bond donors (Lipinski definition) is 1. The quantitative estimate of drug-likeness (QED) is 0.604. The van der Waals surface area contributed by atoms with Crippen molar-refractivity contribution in [1.82, 2.24) is 0 Å². The molecule has 4 atom stereocenters. The van der Waals surface area contributed by atoms with Gasteiger partial charge in [-0.3, -0.25) is 4.79 Å². The molecule has 2 aromatic carbocycles. The normalized spacial score (nSPS) is 29.5. The lowest BCUT2D eigenvalue weighted by molar-refractivity contribution is -0.135. The first-order valence-electron chi connectivity index (χ1n) is 13.1. The molecular weight excluding hydrogens is 478 g/mol. The average molecular weight is 510 g/mol. The number of rotatable bonds is 4. The van der Waals surface area contributed by atoms with Crippen molar-refractivity contribution in [3.8, 4) is 5.75 Å². The third kappa shape index (κ3) is 4.28. The molecule has 2 aliphatic heterocycles. The van der Waals surface area contributed by atoms with E-state index in [1.54, 1.807) is 18.2 Å². The highest BCUT2D eigenvalue weighted by molar-refractivity contribution is 6.30. The zero-order valence-corrected chi connectivity index (χ0v) is 21.1. The van der Waals surface area contributed by atoms with E-state index in [4.69, 9.17) is 21.1 Å². The Balaban J connectivity index is 1.35. The molecule has 1 saturated heterocycles. The number of halogens is 1. The average Bonchev–Trinajstić information content (AvgIpc) is 2.99. The highest BCUT2D eigenvalue weighted by Crippen LogP contribution is 2.47. The number of benzene rings is 2. The standard InChI is InChI=1S/C29H32ClNO5/c30-21-5-7-24-18(12-21)2-1-10-29(24)16-31(25-13-19(28(33)34)4-8-26(25)36-17-29)15-20-3-6-23(20)27-14-22(32)9-11-35-27/h4-5,7-8,12-13,20,23,27H,1-3,6,9-11,14-17H2,(H,33,34)/t20-,23+,27+,29?/m0/s1. The van der Waals surface area contributed by atoms with Gasteiger partial charge in [-0.05, 0) is 85.4 Å². The van der Waals surface area contributed by atoms with E-state index in [1.165, 1.54) is 11.1 Å². The summed E-state index contributed by atoms with van der Waals surface area (Å²) in [7, 11) is 0. The van der Waals surface area contributed by atoms with Gasteiger partial charge in [0.25, 0.3) is 0 Å². The fraction of sp³-hybridized carbons (Fsp3) is 0.517. The number of carbonyl (C=O) groups is 2. The smallest absolute Gasteiger partial charge is 0.335 e. The molecule has 4 aliphatic rings. The van der Waals surface area contributed by atoms with Crippen molar-refractivity contribution in [3.63, 3.8) is 0 Å². The van der Waals surface area contributed by atoms with Crippen molar-refractivity contribution >= 4 is 29.0 Å². The molecule has 2 aromatic rings. The lowest BCUT2D eigenvalue weighted by Crippen LogP contribution is -2.50. The summed E-state index contributed by atoms with van der Waals surface area (Å²) in [6.45, 7) is 2.62. The number of carboxylic acids is 1. The van der Waals surface area contributed by atoms with Crippen LogP contribution >= 0.6 is 11.6 Å². The van der Waals surface area contributed by atoms with Crippen molar-refractivity contribution < 1.29 is 24.2 Å². The molecule has 0 radical (unpaired) electrons. The first kappa shape index (κ1) is 23.8. The number of nitrogens with zero attached hydrogens (tertiary/aromatic N) is 1. The minimum atomic E-state index is -0.940. The van der Waals surface area contributed by atoms with Crippen molar-refractivity contribution in [1.29, 1.82) is 0 Å². The number of Topliss-reactive ketones (excluding diaryl/α,β-unsaturated/α-hetero) is 1. The van der Waals surface area contributed by atoms with E-state index in [9.17, 15) is 14.7 Å². The molecule has 0 bridgehead atoms. The highest BCUT2D eigenvalue weighted by Gasteiger charge is 2.45. The second kappa shape index (κ2) is 9.38. The number of fused-ring (bicyclic) bond motifs is 3. The molecule has 6 nitrogen and oxygen atoms in total. The minimum Gasteiger partial charge on any atom is -0.490 e. The monoisotopic (exact) mass is 509 g/mol. The van der Waals surface area contributed by atoms with Crippen LogP contribution in [0.4, 0.5) is 5.69 Å². The molecule has 0 amide bonds. The topological polar surface area (TPSA) is 76.1 Å². The zero-order valence-electron chi connectivity index (χ0n) is 20.4. The zero-order chi connectivity index (χ0) is 24.9. The van der Waals surface area contributed by atoms with E-state index in [1.807, 2.05) is 6.07 Å². The number of ketones is 1. The molecule has 1 spiro atoms. The van der Waals surface area contributed by atoms with E-state index in [0.717, 1.165) is 61.7 Å². The predicted octanol–water partition coefficient (Wildman–Crippen LogP) is 5.29. The van der Waals surface area contributed by atoms with Gasteiger partial charge in [-0.2, -0.15) is 0 Å². The van der Waals surface area contributed by atoms with Crippen molar-refractivity contribution in [2.75, 3.05) is 31.2 Å². The molecule has 1 N–H and O–H groups in total. The van der Waals surface area contributed by atoms with E-state index in [-0.39, 0.29) is 17.1 Å². The van der Waals surface area contributed by atoms with E-state index >= 15 is 0 Å². The maximum Gasteiger partial charge on any atom is 0.335 e. The number of aryl methyl sites for hydroxylation is 1. The number of aromatic carboxylic acids is 1. The summed E-state index contributed by atoms with van der Waals surface area (Å²) in [5, 5.41) is 10.5. The number of ether oxygens (including phenoxy) is 2. The van der Waals surface area contributed by atoms with Gasteiger partial charge in [0.05, 0.1) is 30.6 Å². The number of anilines is 1. The van der Waals surface area contributed by atoms with Gasteiger partial charge in [-0.1, -0.05) is 17.7 Å². The molecule has 36 heavy (non-hydrogen) atoms. The fourth-order valence-corrected chi connectivity index (χ4v) is 7.02. The SMILES string of the molecule is O=C1CCO[C@@H]([C@@H]2CC[C@H]2CN2CC3(CCCc4cc(Cl)ccc43)COc3ccc(C(=O)O)cc32)C1. The van der Waals surface area contributed by atoms with Crippen LogP contribution in [0.2, 0.25) is 5.02 Å². The molecule has 6 rings (SSSR count). The largest absolute Gasteiger partial charge is 0.490 e. The summed E-state index contributed by atoms with van der Waals surface area (Å²) in [5.41, 5.74) is 3.49. The first-order chi connectivity index (χ1) is 17.4. The summed E-state index contributed by atoms with van der Waals surface area (Å²) < 4.78 is 12.5. The lowest BCUT2D eigenvalue weighted by Gasteiger charge is -2.47. The molecule has 2 aliphatic carbocycles. The molecule has 7 heteroatoms. The van der Waals surface area contributed by atoms with Crippen LogP contribution in [0.3, 0.4) is 0 Å². The molecular formula is C29H32ClNO5. The first-order valence-corrected chi connectivity index (χ1v) is 13.5. The van der Waals surface area contributed by atoms with Crippen LogP contribution in [0.15, 0.2) is 36.4 Å². The Kier molecular flexibility index (Phi) is 6.21. The number of hydrogen-bond acceptors (Lipinski definition) is 5. The summed E-state index contributed by atoms with van der Waals surface area (Å²) in [4.78, 5) is 26.3. The van der Waals surface area contributed by atoms with E-state index in [0.29, 0.717) is 43.7 Å². The minimum absolute atomic E-state index is 0.00422. The van der Waals surface area contributed by atoms with Gasteiger partial charge in [0, 0.05) is 36.4 Å². The maximum atomic E-state index is 12.1. The molecule has 2 heterocycles. The molecule has 190 valence electrons. The summed E-state index contributed by atoms with van der Waals surface area (Å²) in [6, 6.07) is 11.4. The molecule has 2 fully saturated rings. The van der Waals surface area contributed by atoms with Crippen LogP contribution in [0.25, 0.3) is 0 Å². The fourth-order valence-electron chi connectivity index (χ4n) is 6.83. The van der Waals surface area contributed by atoms with Crippen LogP contribution in [0, 0.1) is 11.8 Å². The third-order valence-corrected chi connectivity index (χ3v) is 9.07. The Morgan fingerprint density at radius 1 is 1.17 bits per heavy atom. The Morgan fingerprint density at radius 3 is 2.83 bits per heavy atom. The van der Waals surface area contributed by atoms with Crippen LogP contribution in [-0.4, -0.2) is 49.3 Å². The van der Waals surface area contributed by atoms with Gasteiger partial charge in [0.2, 0.25) is 0 Å². The van der Waals surface area contributed by atoms with Gasteiger partial charge < -0.3 is 19.5 Å². The lowest BCUT2D eigenvalue weighted by atomic mass is 9.67. The molecule has 0 aromatic heterocycles.